The van der Waals surface area contributed by atoms with E-state index >= 15 is 0 Å². The number of carbonyl (C=O) groups excluding carboxylic acids is 3. The Morgan fingerprint density at radius 3 is 2.64 bits per heavy atom. The van der Waals surface area contributed by atoms with E-state index in [2.05, 4.69) is 5.32 Å². The molecule has 10 heteroatoms. The number of hydrogen-bond donors (Lipinski definition) is 1. The summed E-state index contributed by atoms with van der Waals surface area (Å²) in [5.41, 5.74) is 2.03. The minimum Gasteiger partial charge on any atom is -0.377 e. The van der Waals surface area contributed by atoms with Gasteiger partial charge in [-0.15, -0.1) is 0 Å². The molecule has 190 valence electrons. The van der Waals surface area contributed by atoms with Gasteiger partial charge in [0.1, 0.15) is 12.6 Å². The Morgan fingerprint density at radius 2 is 1.94 bits per heavy atom. The first-order valence-electron chi connectivity index (χ1n) is 11.7. The largest absolute Gasteiger partial charge is 0.377 e. The first-order valence-corrected chi connectivity index (χ1v) is 12.5. The summed E-state index contributed by atoms with van der Waals surface area (Å²) in [6.07, 6.45) is 3.22. The van der Waals surface area contributed by atoms with Gasteiger partial charge in [-0.05, 0) is 55.0 Å². The quantitative estimate of drug-likeness (QED) is 0.545. The highest BCUT2D eigenvalue weighted by Gasteiger charge is 2.39. The van der Waals surface area contributed by atoms with E-state index in [0.717, 1.165) is 11.3 Å². The van der Waals surface area contributed by atoms with Crippen molar-refractivity contribution in [3.8, 4) is 0 Å². The maximum atomic E-state index is 13.2. The first kappa shape index (κ1) is 26.2. The van der Waals surface area contributed by atoms with Gasteiger partial charge in [0.2, 0.25) is 11.8 Å². The van der Waals surface area contributed by atoms with E-state index in [1.54, 1.807) is 53.4 Å². The molecule has 2 aliphatic heterocycles. The van der Waals surface area contributed by atoms with Crippen LogP contribution in [0.15, 0.2) is 48.5 Å². The first-order chi connectivity index (χ1) is 17.4. The van der Waals surface area contributed by atoms with Crippen molar-refractivity contribution < 1.29 is 23.9 Å². The topological polar surface area (TPSA) is 88.2 Å². The number of nitrogens with zero attached hydrogens (tertiary/aromatic N) is 2. The number of ether oxygens (including phenoxy) is 2. The van der Waals surface area contributed by atoms with Crippen molar-refractivity contribution in [2.45, 2.75) is 25.5 Å². The van der Waals surface area contributed by atoms with Crippen LogP contribution in [0.25, 0.3) is 6.08 Å². The second-order valence-corrected chi connectivity index (χ2v) is 9.27. The average Bonchev–Trinajstić information content (AvgIpc) is 3.30. The van der Waals surface area contributed by atoms with E-state index in [0.29, 0.717) is 48.5 Å². The van der Waals surface area contributed by atoms with Gasteiger partial charge in [-0.25, -0.2) is 0 Å². The molecule has 2 heterocycles. The third-order valence-electron chi connectivity index (χ3n) is 6.05. The minimum atomic E-state index is -0.687. The number of nitrogens with one attached hydrogen (secondary N) is 1. The van der Waals surface area contributed by atoms with Crippen LogP contribution in [0.2, 0.25) is 10.0 Å². The summed E-state index contributed by atoms with van der Waals surface area (Å²) < 4.78 is 10.9. The number of hydrogen-bond acceptors (Lipinski definition) is 5. The van der Waals surface area contributed by atoms with Gasteiger partial charge in [0.15, 0.2) is 0 Å². The molecule has 0 saturated carbocycles. The number of benzene rings is 2. The molecule has 2 atom stereocenters. The van der Waals surface area contributed by atoms with Crippen LogP contribution in [0, 0.1) is 0 Å². The zero-order valence-corrected chi connectivity index (χ0v) is 21.3. The lowest BCUT2D eigenvalue weighted by Crippen LogP contribution is -2.42. The Kier molecular flexibility index (Phi) is 8.64. The lowest BCUT2D eigenvalue weighted by Gasteiger charge is -2.27. The molecule has 4 rings (SSSR count). The Hall–Kier alpha value is -2.91. The van der Waals surface area contributed by atoms with Gasteiger partial charge in [-0.1, -0.05) is 29.3 Å². The molecule has 0 radical (unpaired) electrons. The van der Waals surface area contributed by atoms with Crippen molar-refractivity contribution in [3.05, 3.63) is 64.1 Å². The number of likely N-dealkylation sites (tertiary alicyclic amines) is 1. The standard InChI is InChI=1S/C26H27Cl2N3O5/c1-2-36-20-14-23(31(15-20)24(32)10-4-17-3-9-21(27)22(28)13-17)26(34)29-18-5-7-19(8-6-18)30-11-12-35-16-25(30)33/h3-10,13,20,23H,2,11-12,14-16H2,1H3,(H,29,34)/b10-4+/t20-,23-/m1/s1. The summed E-state index contributed by atoms with van der Waals surface area (Å²) in [6, 6.07) is 11.4. The fourth-order valence-corrected chi connectivity index (χ4v) is 4.57. The molecule has 0 unspecified atom stereocenters. The second-order valence-electron chi connectivity index (χ2n) is 8.46. The summed E-state index contributed by atoms with van der Waals surface area (Å²) >= 11 is 12.0. The molecule has 2 fully saturated rings. The molecule has 0 spiro atoms. The number of halogens is 2. The molecule has 0 aliphatic carbocycles. The van der Waals surface area contributed by atoms with Gasteiger partial charge >= 0.3 is 0 Å². The van der Waals surface area contributed by atoms with Crippen LogP contribution in [0.1, 0.15) is 18.9 Å². The molecule has 2 saturated heterocycles. The highest BCUT2D eigenvalue weighted by molar-refractivity contribution is 6.42. The van der Waals surface area contributed by atoms with Crippen molar-refractivity contribution in [2.24, 2.45) is 0 Å². The molecule has 2 aromatic carbocycles. The SMILES string of the molecule is CCO[C@@H]1C[C@H](C(=O)Nc2ccc(N3CCOCC3=O)cc2)N(C(=O)/C=C/c2ccc(Cl)c(Cl)c2)C1. The minimum absolute atomic E-state index is 0.0601. The molecule has 0 aromatic heterocycles. The molecule has 2 aromatic rings. The van der Waals surface area contributed by atoms with Gasteiger partial charge in [0.05, 0.1) is 22.8 Å². The van der Waals surface area contributed by atoms with Crippen LogP contribution in [-0.2, 0) is 23.9 Å². The van der Waals surface area contributed by atoms with Crippen LogP contribution in [0.5, 0.6) is 0 Å². The molecule has 3 amide bonds. The summed E-state index contributed by atoms with van der Waals surface area (Å²) in [5.74, 6) is -0.706. The summed E-state index contributed by atoms with van der Waals surface area (Å²) in [5, 5.41) is 3.71. The van der Waals surface area contributed by atoms with Gasteiger partial charge in [0.25, 0.3) is 5.91 Å². The van der Waals surface area contributed by atoms with Crippen molar-refractivity contribution in [2.75, 3.05) is 43.1 Å². The highest BCUT2D eigenvalue weighted by Crippen LogP contribution is 2.26. The molecule has 2 aliphatic rings. The third-order valence-corrected chi connectivity index (χ3v) is 6.78. The van der Waals surface area contributed by atoms with Crippen LogP contribution in [0.4, 0.5) is 11.4 Å². The number of carbonyl (C=O) groups is 3. The summed E-state index contributed by atoms with van der Waals surface area (Å²) in [4.78, 5) is 41.4. The number of anilines is 2. The normalized spacial score (nSPS) is 20.2. The van der Waals surface area contributed by atoms with Gasteiger partial charge < -0.3 is 24.6 Å². The Balaban J connectivity index is 1.44. The van der Waals surface area contributed by atoms with Crippen molar-refractivity contribution in [1.29, 1.82) is 0 Å². The van der Waals surface area contributed by atoms with Gasteiger partial charge in [-0.3, -0.25) is 14.4 Å². The van der Waals surface area contributed by atoms with Gasteiger partial charge in [-0.2, -0.15) is 0 Å². The third kappa shape index (κ3) is 6.25. The Bertz CT molecular complexity index is 1150. The monoisotopic (exact) mass is 531 g/mol. The number of amides is 3. The van der Waals surface area contributed by atoms with Gasteiger partial charge in [0, 0.05) is 43.6 Å². The van der Waals surface area contributed by atoms with E-state index < -0.39 is 6.04 Å². The smallest absolute Gasteiger partial charge is 0.253 e. The van der Waals surface area contributed by atoms with E-state index in [1.165, 1.54) is 11.0 Å². The Morgan fingerprint density at radius 1 is 1.17 bits per heavy atom. The molecule has 36 heavy (non-hydrogen) atoms. The predicted octanol–water partition coefficient (Wildman–Crippen LogP) is 4.01. The van der Waals surface area contributed by atoms with E-state index in [4.69, 9.17) is 32.7 Å². The fraction of sp³-hybridized carbons (Fsp3) is 0.346. The fourth-order valence-electron chi connectivity index (χ4n) is 4.27. The van der Waals surface area contributed by atoms with Crippen molar-refractivity contribution in [3.63, 3.8) is 0 Å². The summed E-state index contributed by atoms with van der Waals surface area (Å²) in [6.45, 7) is 3.71. The maximum Gasteiger partial charge on any atom is 0.253 e. The maximum absolute atomic E-state index is 13.2. The Labute approximate surface area is 219 Å². The zero-order chi connectivity index (χ0) is 25.7. The van der Waals surface area contributed by atoms with E-state index in [-0.39, 0.29) is 30.4 Å². The molecule has 1 N–H and O–H groups in total. The van der Waals surface area contributed by atoms with Crippen molar-refractivity contribution >= 4 is 58.4 Å². The highest BCUT2D eigenvalue weighted by atomic mass is 35.5. The van der Waals surface area contributed by atoms with Crippen LogP contribution < -0.4 is 10.2 Å². The number of rotatable bonds is 7. The van der Waals surface area contributed by atoms with Crippen LogP contribution in [-0.4, -0.2) is 67.7 Å². The lowest BCUT2D eigenvalue weighted by molar-refractivity contribution is -0.132. The molecular weight excluding hydrogens is 505 g/mol. The molecular formula is C26H27Cl2N3O5. The lowest BCUT2D eigenvalue weighted by atomic mass is 10.1. The van der Waals surface area contributed by atoms with E-state index in [9.17, 15) is 14.4 Å². The number of morpholine rings is 1. The van der Waals surface area contributed by atoms with E-state index in [1.807, 2.05) is 6.92 Å². The van der Waals surface area contributed by atoms with Crippen LogP contribution in [0.3, 0.4) is 0 Å². The average molecular weight is 532 g/mol. The summed E-state index contributed by atoms with van der Waals surface area (Å²) in [7, 11) is 0. The van der Waals surface area contributed by atoms with Crippen LogP contribution >= 0.6 is 23.2 Å². The molecule has 8 nitrogen and oxygen atoms in total. The molecule has 0 bridgehead atoms. The zero-order valence-electron chi connectivity index (χ0n) is 19.8. The van der Waals surface area contributed by atoms with Crippen molar-refractivity contribution in [1.82, 2.24) is 4.90 Å². The predicted molar refractivity (Wildman–Crippen MR) is 139 cm³/mol. The second kappa shape index (κ2) is 11.9.